The molecule has 11 heteroatoms. The lowest BCUT2D eigenvalue weighted by atomic mass is 10.2. The van der Waals surface area contributed by atoms with E-state index in [9.17, 15) is 14.4 Å². The number of nitrogens with one attached hydrogen (secondary N) is 3. The molecule has 3 aromatic carbocycles. The quantitative estimate of drug-likeness (QED) is 0.332. The van der Waals surface area contributed by atoms with Crippen LogP contribution in [0, 0.1) is 0 Å². The fourth-order valence-corrected chi connectivity index (χ4v) is 2.93. The summed E-state index contributed by atoms with van der Waals surface area (Å²) < 4.78 is 5.68. The summed E-state index contributed by atoms with van der Waals surface area (Å²) in [4.78, 5) is 37.4. The zero-order valence-corrected chi connectivity index (χ0v) is 18.4. The Kier molecular flexibility index (Phi) is 7.39. The molecule has 176 valence electrons. The molecule has 3 amide bonds. The van der Waals surface area contributed by atoms with Crippen LogP contribution in [0.3, 0.4) is 0 Å². The fraction of sp³-hybridized carbons (Fsp3) is 0.0833. The zero-order valence-electron chi connectivity index (χ0n) is 18.4. The average molecular weight is 471 g/mol. The Morgan fingerprint density at radius 1 is 0.771 bits per heavy atom. The SMILES string of the molecule is O=C(CNC(=O)c1ccc(Oc2ccccc2)cc1)NNC(=O)Cn1nnc(-c2ccccc2)n1. The molecular formula is C24H21N7O4. The molecule has 11 nitrogen and oxygen atoms in total. The largest absolute Gasteiger partial charge is 0.457 e. The molecule has 1 heterocycles. The van der Waals surface area contributed by atoms with E-state index < -0.39 is 17.7 Å². The Morgan fingerprint density at radius 3 is 2.11 bits per heavy atom. The highest BCUT2D eigenvalue weighted by Gasteiger charge is 2.12. The van der Waals surface area contributed by atoms with Gasteiger partial charge in [0.05, 0.1) is 6.54 Å². The van der Waals surface area contributed by atoms with Crippen molar-refractivity contribution in [2.45, 2.75) is 6.54 Å². The molecule has 0 aliphatic rings. The second kappa shape index (κ2) is 11.2. The Bertz CT molecular complexity index is 1290. The average Bonchev–Trinajstić information content (AvgIpc) is 3.36. The first-order valence-corrected chi connectivity index (χ1v) is 10.6. The predicted molar refractivity (Wildman–Crippen MR) is 125 cm³/mol. The summed E-state index contributed by atoms with van der Waals surface area (Å²) in [7, 11) is 0. The first-order valence-electron chi connectivity index (χ1n) is 10.6. The molecular weight excluding hydrogens is 450 g/mol. The van der Waals surface area contributed by atoms with Gasteiger partial charge in [0.25, 0.3) is 17.7 Å². The summed E-state index contributed by atoms with van der Waals surface area (Å²) in [6.07, 6.45) is 0. The molecule has 0 spiro atoms. The highest BCUT2D eigenvalue weighted by Crippen LogP contribution is 2.21. The van der Waals surface area contributed by atoms with Gasteiger partial charge in [0.15, 0.2) is 0 Å². The van der Waals surface area contributed by atoms with Gasteiger partial charge in [0.2, 0.25) is 5.82 Å². The first-order chi connectivity index (χ1) is 17.1. The minimum Gasteiger partial charge on any atom is -0.457 e. The van der Waals surface area contributed by atoms with Gasteiger partial charge in [-0.15, -0.1) is 10.2 Å². The summed E-state index contributed by atoms with van der Waals surface area (Å²) >= 11 is 0. The Labute approximate surface area is 200 Å². The Morgan fingerprint density at radius 2 is 1.40 bits per heavy atom. The number of amides is 3. The molecule has 0 atom stereocenters. The summed E-state index contributed by atoms with van der Waals surface area (Å²) in [5.74, 6) is 0.0244. The van der Waals surface area contributed by atoms with Gasteiger partial charge in [0.1, 0.15) is 18.0 Å². The lowest BCUT2D eigenvalue weighted by Crippen LogP contribution is -2.47. The van der Waals surface area contributed by atoms with Gasteiger partial charge < -0.3 is 10.1 Å². The Balaban J connectivity index is 1.18. The van der Waals surface area contributed by atoms with Gasteiger partial charge in [-0.05, 0) is 41.6 Å². The van der Waals surface area contributed by atoms with Crippen molar-refractivity contribution in [1.29, 1.82) is 0 Å². The van der Waals surface area contributed by atoms with Crippen molar-refractivity contribution in [3.63, 3.8) is 0 Å². The van der Waals surface area contributed by atoms with Crippen LogP contribution in [-0.4, -0.2) is 44.5 Å². The molecule has 35 heavy (non-hydrogen) atoms. The van der Waals surface area contributed by atoms with E-state index in [1.807, 2.05) is 60.7 Å². The molecule has 4 rings (SSSR count). The van der Waals surface area contributed by atoms with Crippen molar-refractivity contribution >= 4 is 17.7 Å². The van der Waals surface area contributed by atoms with E-state index in [0.29, 0.717) is 22.9 Å². The van der Waals surface area contributed by atoms with Crippen LogP contribution in [0.5, 0.6) is 11.5 Å². The van der Waals surface area contributed by atoms with E-state index in [1.54, 1.807) is 24.3 Å². The summed E-state index contributed by atoms with van der Waals surface area (Å²) in [5, 5.41) is 14.3. The molecule has 0 saturated heterocycles. The van der Waals surface area contributed by atoms with Crippen molar-refractivity contribution in [2.24, 2.45) is 0 Å². The van der Waals surface area contributed by atoms with Crippen LogP contribution >= 0.6 is 0 Å². The van der Waals surface area contributed by atoms with Gasteiger partial charge in [-0.2, -0.15) is 4.80 Å². The molecule has 1 aromatic heterocycles. The van der Waals surface area contributed by atoms with Gasteiger partial charge in [-0.25, -0.2) is 0 Å². The van der Waals surface area contributed by atoms with Crippen LogP contribution in [0.15, 0.2) is 84.9 Å². The molecule has 0 unspecified atom stereocenters. The second-order valence-electron chi connectivity index (χ2n) is 7.23. The molecule has 0 aliphatic heterocycles. The van der Waals surface area contributed by atoms with E-state index in [-0.39, 0.29) is 13.1 Å². The van der Waals surface area contributed by atoms with Crippen LogP contribution in [0.1, 0.15) is 10.4 Å². The molecule has 0 saturated carbocycles. The van der Waals surface area contributed by atoms with E-state index >= 15 is 0 Å². The van der Waals surface area contributed by atoms with Crippen LogP contribution in [-0.2, 0) is 16.1 Å². The maximum absolute atomic E-state index is 12.3. The van der Waals surface area contributed by atoms with E-state index in [4.69, 9.17) is 4.74 Å². The lowest BCUT2D eigenvalue weighted by Gasteiger charge is -2.09. The van der Waals surface area contributed by atoms with Gasteiger partial charge in [-0.1, -0.05) is 48.5 Å². The van der Waals surface area contributed by atoms with Crippen LogP contribution in [0.25, 0.3) is 11.4 Å². The molecule has 3 N–H and O–H groups in total. The standard InChI is InChI=1S/C24H21N7O4/c32-21(26-27-22(33)16-31-29-23(28-30-31)17-7-3-1-4-8-17)15-25-24(34)18-11-13-20(14-12-18)35-19-9-5-2-6-10-19/h1-14H,15-16H2,(H,25,34)(H,26,32)(H,27,33). The molecule has 0 radical (unpaired) electrons. The third kappa shape index (κ3) is 6.71. The van der Waals surface area contributed by atoms with Crippen molar-refractivity contribution < 1.29 is 19.1 Å². The van der Waals surface area contributed by atoms with Crippen molar-refractivity contribution in [2.75, 3.05) is 6.54 Å². The highest BCUT2D eigenvalue weighted by molar-refractivity contribution is 5.96. The number of hydrogen-bond donors (Lipinski definition) is 3. The smallest absolute Gasteiger partial charge is 0.262 e. The fourth-order valence-electron chi connectivity index (χ4n) is 2.93. The number of hydrogen-bond acceptors (Lipinski definition) is 7. The zero-order chi connectivity index (χ0) is 24.5. The summed E-state index contributed by atoms with van der Waals surface area (Å²) in [6, 6.07) is 24.9. The minimum absolute atomic E-state index is 0.246. The van der Waals surface area contributed by atoms with E-state index in [2.05, 4.69) is 31.6 Å². The number of tetrazole rings is 1. The number of nitrogens with zero attached hydrogens (tertiary/aromatic N) is 4. The predicted octanol–water partition coefficient (Wildman–Crippen LogP) is 1.71. The maximum Gasteiger partial charge on any atom is 0.262 e. The molecule has 0 fully saturated rings. The highest BCUT2D eigenvalue weighted by atomic mass is 16.5. The topological polar surface area (TPSA) is 140 Å². The number of hydrazine groups is 1. The van der Waals surface area contributed by atoms with Crippen molar-refractivity contribution in [3.8, 4) is 22.9 Å². The second-order valence-corrected chi connectivity index (χ2v) is 7.23. The first kappa shape index (κ1) is 23.1. The number of benzene rings is 3. The van der Waals surface area contributed by atoms with Gasteiger partial charge in [-0.3, -0.25) is 25.2 Å². The van der Waals surface area contributed by atoms with Crippen LogP contribution in [0.2, 0.25) is 0 Å². The molecule has 0 bridgehead atoms. The lowest BCUT2D eigenvalue weighted by molar-refractivity contribution is -0.129. The van der Waals surface area contributed by atoms with Crippen LogP contribution in [0.4, 0.5) is 0 Å². The Hall–Kier alpha value is -5.06. The minimum atomic E-state index is -0.604. The van der Waals surface area contributed by atoms with Crippen molar-refractivity contribution in [1.82, 2.24) is 36.4 Å². The number of ether oxygens (including phenoxy) is 1. The monoisotopic (exact) mass is 471 g/mol. The third-order valence-corrected chi connectivity index (χ3v) is 4.62. The number of rotatable bonds is 8. The maximum atomic E-state index is 12.3. The molecule has 0 aliphatic carbocycles. The van der Waals surface area contributed by atoms with Gasteiger partial charge >= 0.3 is 0 Å². The number of carbonyl (C=O) groups excluding carboxylic acids is 3. The number of para-hydroxylation sites is 1. The normalized spacial score (nSPS) is 10.3. The summed E-state index contributed by atoms with van der Waals surface area (Å²) in [6.45, 7) is -0.578. The number of aromatic nitrogens is 4. The van der Waals surface area contributed by atoms with E-state index in [0.717, 1.165) is 10.4 Å². The summed E-state index contributed by atoms with van der Waals surface area (Å²) in [5.41, 5.74) is 5.58. The number of carbonyl (C=O) groups is 3. The van der Waals surface area contributed by atoms with Gasteiger partial charge in [0, 0.05) is 11.1 Å². The van der Waals surface area contributed by atoms with Crippen molar-refractivity contribution in [3.05, 3.63) is 90.5 Å². The van der Waals surface area contributed by atoms with E-state index in [1.165, 1.54) is 0 Å². The molecule has 4 aromatic rings. The third-order valence-electron chi connectivity index (χ3n) is 4.62. The van der Waals surface area contributed by atoms with Crippen LogP contribution < -0.4 is 20.9 Å².